The first-order chi connectivity index (χ1) is 9.45. The largest absolute Gasteiger partial charge is 0.391 e. The molecule has 0 amide bonds. The van der Waals surface area contributed by atoms with Crippen molar-refractivity contribution in [1.29, 1.82) is 0 Å². The molecule has 0 saturated heterocycles. The fourth-order valence-corrected chi connectivity index (χ4v) is 2.00. The second-order valence-corrected chi connectivity index (χ2v) is 5.41. The van der Waals surface area contributed by atoms with Crippen LogP contribution in [0.15, 0.2) is 18.5 Å². The monoisotopic (exact) mass is 295 g/mol. The molecule has 0 aliphatic heterocycles. The van der Waals surface area contributed by atoms with Crippen LogP contribution in [-0.4, -0.2) is 37.2 Å². The summed E-state index contributed by atoms with van der Waals surface area (Å²) >= 11 is 5.94. The van der Waals surface area contributed by atoms with E-state index in [0.717, 1.165) is 11.3 Å². The molecule has 20 heavy (non-hydrogen) atoms. The summed E-state index contributed by atoms with van der Waals surface area (Å²) in [7, 11) is 0. The van der Waals surface area contributed by atoms with Crippen LogP contribution in [0.25, 0.3) is 11.3 Å². The maximum Gasteiger partial charge on any atom is 0.131 e. The first-order valence-electron chi connectivity index (χ1n) is 6.46. The van der Waals surface area contributed by atoms with Crippen molar-refractivity contribution in [2.24, 2.45) is 0 Å². The lowest BCUT2D eigenvalue weighted by molar-refractivity contribution is 0.167. The molecule has 0 bridgehead atoms. The van der Waals surface area contributed by atoms with Gasteiger partial charge in [-0.1, -0.05) is 16.8 Å². The number of anilines is 1. The molecule has 0 aliphatic rings. The van der Waals surface area contributed by atoms with Crippen LogP contribution >= 0.6 is 11.6 Å². The lowest BCUT2D eigenvalue weighted by Crippen LogP contribution is -2.12. The van der Waals surface area contributed by atoms with E-state index < -0.39 is 6.10 Å². The van der Waals surface area contributed by atoms with Crippen molar-refractivity contribution in [1.82, 2.24) is 20.0 Å². The van der Waals surface area contributed by atoms with Gasteiger partial charge >= 0.3 is 0 Å². The van der Waals surface area contributed by atoms with E-state index in [4.69, 9.17) is 11.6 Å². The van der Waals surface area contributed by atoms with Crippen molar-refractivity contribution in [2.75, 3.05) is 5.32 Å². The second kappa shape index (κ2) is 6.19. The molecule has 2 aromatic rings. The molecule has 7 heteroatoms. The number of aliphatic hydroxyl groups excluding tert-OH is 1. The van der Waals surface area contributed by atoms with Gasteiger partial charge in [-0.3, -0.25) is 0 Å². The highest BCUT2D eigenvalue weighted by atomic mass is 35.5. The minimum absolute atomic E-state index is 0.264. The third kappa shape index (κ3) is 3.68. The van der Waals surface area contributed by atoms with Crippen LogP contribution in [0.5, 0.6) is 0 Å². The van der Waals surface area contributed by atoms with E-state index in [1.807, 2.05) is 13.8 Å². The number of hydrogen-bond acceptors (Lipinski definition) is 5. The summed E-state index contributed by atoms with van der Waals surface area (Å²) in [6.07, 6.45) is 2.98. The lowest BCUT2D eigenvalue weighted by atomic mass is 10.1. The molecule has 0 aliphatic carbocycles. The van der Waals surface area contributed by atoms with Crippen molar-refractivity contribution < 1.29 is 5.11 Å². The number of nitrogens with zero attached hydrogens (tertiary/aromatic N) is 4. The number of nitrogens with one attached hydrogen (secondary N) is 1. The van der Waals surface area contributed by atoms with Gasteiger partial charge in [0.15, 0.2) is 0 Å². The third-order valence-electron chi connectivity index (χ3n) is 2.58. The molecule has 1 unspecified atom stereocenters. The summed E-state index contributed by atoms with van der Waals surface area (Å²) in [4.78, 5) is 4.09. The average Bonchev–Trinajstić information content (AvgIpc) is 2.75. The summed E-state index contributed by atoms with van der Waals surface area (Å²) in [6.45, 7) is 6.20. The number of halogens is 1. The first-order valence-corrected chi connectivity index (χ1v) is 6.84. The molecule has 108 valence electrons. The second-order valence-electron chi connectivity index (χ2n) is 5.03. The van der Waals surface area contributed by atoms with Crippen molar-refractivity contribution in [2.45, 2.75) is 39.5 Å². The Bertz CT molecular complexity index is 582. The average molecular weight is 296 g/mol. The maximum absolute atomic E-state index is 9.36. The van der Waals surface area contributed by atoms with Crippen molar-refractivity contribution in [3.05, 3.63) is 23.6 Å². The predicted octanol–water partition coefficient (Wildman–Crippen LogP) is 2.19. The minimum Gasteiger partial charge on any atom is -0.391 e. The summed E-state index contributed by atoms with van der Waals surface area (Å²) in [5, 5.41) is 21.2. The van der Waals surface area contributed by atoms with Gasteiger partial charge in [-0.25, -0.2) is 9.67 Å². The Morgan fingerprint density at radius 3 is 2.80 bits per heavy atom. The van der Waals surface area contributed by atoms with E-state index in [-0.39, 0.29) is 6.04 Å². The summed E-state index contributed by atoms with van der Waals surface area (Å²) in [5.41, 5.74) is 2.39. The molecule has 2 heterocycles. The van der Waals surface area contributed by atoms with Crippen LogP contribution in [0.1, 0.15) is 20.8 Å². The number of aromatic nitrogens is 4. The van der Waals surface area contributed by atoms with Gasteiger partial charge in [0, 0.05) is 23.5 Å². The Hall–Kier alpha value is -1.66. The fourth-order valence-electron chi connectivity index (χ4n) is 1.85. The molecule has 6 nitrogen and oxygen atoms in total. The Morgan fingerprint density at radius 2 is 2.15 bits per heavy atom. The van der Waals surface area contributed by atoms with Gasteiger partial charge in [0.2, 0.25) is 0 Å². The highest BCUT2D eigenvalue weighted by Gasteiger charge is 2.12. The molecule has 2 N–H and O–H groups in total. The summed E-state index contributed by atoms with van der Waals surface area (Å²) in [5.74, 6) is 0. The number of rotatable bonds is 5. The van der Waals surface area contributed by atoms with Crippen LogP contribution in [0.2, 0.25) is 5.15 Å². The van der Waals surface area contributed by atoms with Gasteiger partial charge in [0.05, 0.1) is 18.8 Å². The Kier molecular flexibility index (Phi) is 4.57. The van der Waals surface area contributed by atoms with E-state index in [9.17, 15) is 5.11 Å². The zero-order valence-corrected chi connectivity index (χ0v) is 12.5. The standard InChI is InChI=1S/C13H18ClN5O/c1-8(2)16-11-4-13(14)15-5-10(11)12-7-19(18-17-12)6-9(3)20/h4-5,7-9,20H,6H2,1-3H3,(H,15,16). The molecule has 0 fully saturated rings. The van der Waals surface area contributed by atoms with E-state index in [2.05, 4.69) is 20.6 Å². The molecule has 0 radical (unpaired) electrons. The molecule has 0 aromatic carbocycles. The molecule has 0 saturated carbocycles. The minimum atomic E-state index is -0.471. The smallest absolute Gasteiger partial charge is 0.131 e. The van der Waals surface area contributed by atoms with Crippen LogP contribution in [0.4, 0.5) is 5.69 Å². The zero-order valence-electron chi connectivity index (χ0n) is 11.7. The topological polar surface area (TPSA) is 75.9 Å². The molecular formula is C13H18ClN5O. The molecule has 2 rings (SSSR count). The normalized spacial score (nSPS) is 12.7. The van der Waals surface area contributed by atoms with Crippen LogP contribution in [0, 0.1) is 0 Å². The van der Waals surface area contributed by atoms with Crippen molar-refractivity contribution in [3.63, 3.8) is 0 Å². The van der Waals surface area contributed by atoms with E-state index in [1.54, 1.807) is 30.1 Å². The number of aliphatic hydroxyl groups is 1. The fraction of sp³-hybridized carbons (Fsp3) is 0.462. The van der Waals surface area contributed by atoms with E-state index >= 15 is 0 Å². The Labute approximate surface area is 122 Å². The van der Waals surface area contributed by atoms with E-state index in [0.29, 0.717) is 17.4 Å². The summed E-state index contributed by atoms with van der Waals surface area (Å²) < 4.78 is 1.60. The summed E-state index contributed by atoms with van der Waals surface area (Å²) in [6, 6.07) is 2.03. The lowest BCUT2D eigenvalue weighted by Gasteiger charge is -2.13. The SMILES string of the molecule is CC(O)Cn1cc(-c2cnc(Cl)cc2NC(C)C)nn1. The van der Waals surface area contributed by atoms with Gasteiger partial charge in [0.25, 0.3) is 0 Å². The third-order valence-corrected chi connectivity index (χ3v) is 2.79. The highest BCUT2D eigenvalue weighted by Crippen LogP contribution is 2.28. The van der Waals surface area contributed by atoms with E-state index in [1.165, 1.54) is 0 Å². The maximum atomic E-state index is 9.36. The molecule has 2 aromatic heterocycles. The van der Waals surface area contributed by atoms with Gasteiger partial charge in [-0.2, -0.15) is 0 Å². The predicted molar refractivity (Wildman–Crippen MR) is 78.7 cm³/mol. The Balaban J connectivity index is 2.33. The van der Waals surface area contributed by atoms with Crippen molar-refractivity contribution in [3.8, 4) is 11.3 Å². The molecular weight excluding hydrogens is 278 g/mol. The van der Waals surface area contributed by atoms with Gasteiger partial charge in [-0.15, -0.1) is 5.10 Å². The van der Waals surface area contributed by atoms with Crippen molar-refractivity contribution >= 4 is 17.3 Å². The van der Waals surface area contributed by atoms with Gasteiger partial charge in [-0.05, 0) is 26.8 Å². The van der Waals surface area contributed by atoms with Gasteiger partial charge < -0.3 is 10.4 Å². The van der Waals surface area contributed by atoms with Crippen LogP contribution in [-0.2, 0) is 6.54 Å². The Morgan fingerprint density at radius 1 is 1.40 bits per heavy atom. The molecule has 0 spiro atoms. The van der Waals surface area contributed by atoms with Crippen LogP contribution in [0.3, 0.4) is 0 Å². The highest BCUT2D eigenvalue weighted by molar-refractivity contribution is 6.29. The quantitative estimate of drug-likeness (QED) is 0.827. The molecule has 1 atom stereocenters. The number of hydrogen-bond donors (Lipinski definition) is 2. The first kappa shape index (κ1) is 14.7. The zero-order chi connectivity index (χ0) is 14.7. The van der Waals surface area contributed by atoms with Crippen LogP contribution < -0.4 is 5.32 Å². The van der Waals surface area contributed by atoms with Gasteiger partial charge in [0.1, 0.15) is 10.8 Å². The number of pyridine rings is 1.